The smallest absolute Gasteiger partial charge is 0.407 e. The second-order valence-electron chi connectivity index (χ2n) is 8.65. The molecule has 32 heavy (non-hydrogen) atoms. The average Bonchev–Trinajstić information content (AvgIpc) is 3.43. The first-order chi connectivity index (χ1) is 15.4. The average molecular weight is 437 g/mol. The molecule has 2 amide bonds. The van der Waals surface area contributed by atoms with Gasteiger partial charge < -0.3 is 20.5 Å². The number of benzene rings is 2. The molecule has 2 aliphatic rings. The van der Waals surface area contributed by atoms with Gasteiger partial charge in [0, 0.05) is 5.92 Å². The summed E-state index contributed by atoms with van der Waals surface area (Å²) in [6.45, 7) is 2.09. The highest BCUT2D eigenvalue weighted by Gasteiger charge is 2.46. The van der Waals surface area contributed by atoms with Crippen molar-refractivity contribution in [2.75, 3.05) is 6.61 Å². The number of amides is 2. The first-order valence-electron chi connectivity index (χ1n) is 11.1. The summed E-state index contributed by atoms with van der Waals surface area (Å²) in [5.41, 5.74) is 3.85. The quantitative estimate of drug-likeness (QED) is 0.554. The topological polar surface area (TPSA) is 105 Å². The van der Waals surface area contributed by atoms with Crippen molar-refractivity contribution in [3.05, 3.63) is 59.7 Å². The molecule has 4 rings (SSSR count). The van der Waals surface area contributed by atoms with Crippen LogP contribution in [0.3, 0.4) is 0 Å². The van der Waals surface area contributed by atoms with Gasteiger partial charge in [0.25, 0.3) is 0 Å². The highest BCUT2D eigenvalue weighted by Crippen LogP contribution is 2.44. The molecule has 2 aromatic carbocycles. The number of hydrogen-bond acceptors (Lipinski definition) is 4. The van der Waals surface area contributed by atoms with Gasteiger partial charge >= 0.3 is 12.1 Å². The molecule has 7 heteroatoms. The predicted octanol–water partition coefficient (Wildman–Crippen LogP) is 3.82. The van der Waals surface area contributed by atoms with Gasteiger partial charge in [-0.05, 0) is 41.5 Å². The number of aliphatic carboxylic acids is 1. The number of ether oxygens (including phenoxy) is 1. The summed E-state index contributed by atoms with van der Waals surface area (Å²) < 4.78 is 5.55. The highest BCUT2D eigenvalue weighted by atomic mass is 16.5. The molecule has 1 atom stereocenters. The van der Waals surface area contributed by atoms with Crippen molar-refractivity contribution in [2.45, 2.75) is 56.5 Å². The van der Waals surface area contributed by atoms with Crippen molar-refractivity contribution in [1.29, 1.82) is 0 Å². The lowest BCUT2D eigenvalue weighted by atomic mass is 9.98. The molecule has 0 heterocycles. The molecule has 0 aromatic heterocycles. The van der Waals surface area contributed by atoms with Crippen LogP contribution in [0.2, 0.25) is 0 Å². The Bertz CT molecular complexity index is 985. The number of nitrogens with one attached hydrogen (secondary N) is 2. The van der Waals surface area contributed by atoms with Gasteiger partial charge in [0.2, 0.25) is 5.91 Å². The summed E-state index contributed by atoms with van der Waals surface area (Å²) in [6, 6.07) is 15.4. The van der Waals surface area contributed by atoms with Crippen LogP contribution in [0, 0.1) is 0 Å². The van der Waals surface area contributed by atoms with Crippen molar-refractivity contribution < 1.29 is 24.2 Å². The van der Waals surface area contributed by atoms with E-state index in [0.29, 0.717) is 25.7 Å². The van der Waals surface area contributed by atoms with Gasteiger partial charge in [-0.25, -0.2) is 4.79 Å². The molecule has 2 aromatic rings. The molecular weight excluding hydrogens is 408 g/mol. The summed E-state index contributed by atoms with van der Waals surface area (Å²) in [7, 11) is 0. The van der Waals surface area contributed by atoms with E-state index < -0.39 is 23.6 Å². The van der Waals surface area contributed by atoms with Crippen LogP contribution in [0.5, 0.6) is 0 Å². The maximum Gasteiger partial charge on any atom is 0.407 e. The van der Waals surface area contributed by atoms with Crippen molar-refractivity contribution in [1.82, 2.24) is 10.6 Å². The number of carbonyl (C=O) groups excluding carboxylic acids is 2. The van der Waals surface area contributed by atoms with Crippen LogP contribution in [0.15, 0.2) is 48.5 Å². The van der Waals surface area contributed by atoms with Crippen LogP contribution in [0.4, 0.5) is 4.79 Å². The van der Waals surface area contributed by atoms with Gasteiger partial charge in [-0.2, -0.15) is 0 Å². The Morgan fingerprint density at radius 2 is 1.66 bits per heavy atom. The van der Waals surface area contributed by atoms with E-state index in [1.807, 2.05) is 43.3 Å². The molecule has 0 spiro atoms. The predicted molar refractivity (Wildman–Crippen MR) is 119 cm³/mol. The van der Waals surface area contributed by atoms with Crippen LogP contribution >= 0.6 is 0 Å². The molecule has 168 valence electrons. The van der Waals surface area contributed by atoms with Gasteiger partial charge in [0.05, 0.1) is 12.0 Å². The minimum absolute atomic E-state index is 0.0584. The molecule has 3 N–H and O–H groups in total. The van der Waals surface area contributed by atoms with Crippen LogP contribution < -0.4 is 10.6 Å². The standard InChI is InChI=1S/C25H28N2O5/c1-2-7-21(23(30)27-25(12-13-25)14-22(28)29)26-24(31)32-15-20-18-10-5-3-8-16(18)17-9-4-6-11-19(17)20/h3-6,8-11,20-21H,2,7,12-15H2,1H3,(H,26,31)(H,27,30)(H,28,29)/t21-/m0/s1. The van der Waals surface area contributed by atoms with Crippen molar-refractivity contribution in [2.24, 2.45) is 0 Å². The Balaban J connectivity index is 1.38. The lowest BCUT2D eigenvalue weighted by Gasteiger charge is -2.22. The minimum Gasteiger partial charge on any atom is -0.481 e. The molecule has 0 unspecified atom stereocenters. The van der Waals surface area contributed by atoms with Crippen molar-refractivity contribution in [3.63, 3.8) is 0 Å². The third kappa shape index (κ3) is 4.61. The summed E-state index contributed by atoms with van der Waals surface area (Å²) in [6.07, 6.45) is 1.64. The van der Waals surface area contributed by atoms with E-state index in [4.69, 9.17) is 9.84 Å². The minimum atomic E-state index is -0.945. The zero-order valence-electron chi connectivity index (χ0n) is 18.1. The van der Waals surface area contributed by atoms with Crippen LogP contribution in [0.25, 0.3) is 11.1 Å². The normalized spacial score (nSPS) is 16.4. The molecule has 0 saturated heterocycles. The Morgan fingerprint density at radius 1 is 1.06 bits per heavy atom. The van der Waals surface area contributed by atoms with E-state index in [2.05, 4.69) is 22.8 Å². The molecular formula is C25H28N2O5. The Kier molecular flexibility index (Phi) is 6.17. The summed E-state index contributed by atoms with van der Waals surface area (Å²) in [4.78, 5) is 36.3. The van der Waals surface area contributed by atoms with E-state index in [9.17, 15) is 14.4 Å². The second-order valence-corrected chi connectivity index (χ2v) is 8.65. The number of carbonyl (C=O) groups is 3. The van der Waals surface area contributed by atoms with Crippen LogP contribution in [-0.4, -0.2) is 41.3 Å². The lowest BCUT2D eigenvalue weighted by Crippen LogP contribution is -2.51. The number of fused-ring (bicyclic) bond motifs is 3. The van der Waals surface area contributed by atoms with Crippen molar-refractivity contribution in [3.8, 4) is 11.1 Å². The zero-order chi connectivity index (χ0) is 22.7. The third-order valence-corrected chi connectivity index (χ3v) is 6.26. The fourth-order valence-electron chi connectivity index (χ4n) is 4.47. The number of hydrogen-bond donors (Lipinski definition) is 3. The SMILES string of the molecule is CCC[C@H](NC(=O)OCC1c2ccccc2-c2ccccc21)C(=O)NC1(CC(=O)O)CC1. The maximum atomic E-state index is 12.7. The fraction of sp³-hybridized carbons (Fsp3) is 0.400. The number of carboxylic acid groups (broad SMARTS) is 1. The van der Waals surface area contributed by atoms with Gasteiger partial charge in [0.15, 0.2) is 0 Å². The van der Waals surface area contributed by atoms with Gasteiger partial charge in [-0.1, -0.05) is 61.9 Å². The number of alkyl carbamates (subject to hydrolysis) is 1. The van der Waals surface area contributed by atoms with Crippen LogP contribution in [0.1, 0.15) is 56.1 Å². The van der Waals surface area contributed by atoms with E-state index >= 15 is 0 Å². The largest absolute Gasteiger partial charge is 0.481 e. The first kappa shape index (κ1) is 21.9. The summed E-state index contributed by atoms with van der Waals surface area (Å²) in [5.74, 6) is -1.37. The monoisotopic (exact) mass is 436 g/mol. The molecule has 1 saturated carbocycles. The third-order valence-electron chi connectivity index (χ3n) is 6.26. The van der Waals surface area contributed by atoms with Gasteiger partial charge in [-0.15, -0.1) is 0 Å². The molecule has 2 aliphatic carbocycles. The Labute approximate surface area is 187 Å². The molecule has 0 aliphatic heterocycles. The van der Waals surface area contributed by atoms with Crippen molar-refractivity contribution >= 4 is 18.0 Å². The summed E-state index contributed by atoms with van der Waals surface area (Å²) >= 11 is 0. The van der Waals surface area contributed by atoms with E-state index in [1.54, 1.807) is 0 Å². The lowest BCUT2D eigenvalue weighted by molar-refractivity contribution is -0.138. The van der Waals surface area contributed by atoms with E-state index in [1.165, 1.54) is 0 Å². The highest BCUT2D eigenvalue weighted by molar-refractivity contribution is 5.87. The van der Waals surface area contributed by atoms with Crippen LogP contribution in [-0.2, 0) is 14.3 Å². The molecule has 0 bridgehead atoms. The Hall–Kier alpha value is -3.35. The van der Waals surface area contributed by atoms with E-state index in [0.717, 1.165) is 22.3 Å². The summed E-state index contributed by atoms with van der Waals surface area (Å²) in [5, 5.41) is 14.6. The first-order valence-corrected chi connectivity index (χ1v) is 11.1. The maximum absolute atomic E-state index is 12.7. The number of rotatable bonds is 9. The zero-order valence-corrected chi connectivity index (χ0v) is 18.1. The molecule has 1 fully saturated rings. The van der Waals surface area contributed by atoms with E-state index in [-0.39, 0.29) is 24.9 Å². The number of carboxylic acids is 1. The molecule has 7 nitrogen and oxygen atoms in total. The second kappa shape index (κ2) is 9.02. The molecule has 0 radical (unpaired) electrons. The van der Waals surface area contributed by atoms with Gasteiger partial charge in [-0.3, -0.25) is 9.59 Å². The Morgan fingerprint density at radius 3 is 2.19 bits per heavy atom. The fourth-order valence-corrected chi connectivity index (χ4v) is 4.47. The van der Waals surface area contributed by atoms with Gasteiger partial charge in [0.1, 0.15) is 12.6 Å².